The van der Waals surface area contributed by atoms with E-state index >= 15 is 0 Å². The average molecular weight is 469 g/mol. The van der Waals surface area contributed by atoms with Crippen molar-refractivity contribution in [3.05, 3.63) is 99.8 Å². The van der Waals surface area contributed by atoms with Gasteiger partial charge in [-0.1, -0.05) is 29.8 Å². The normalized spacial score (nSPS) is 10.7. The van der Waals surface area contributed by atoms with E-state index in [9.17, 15) is 14.4 Å². The summed E-state index contributed by atoms with van der Waals surface area (Å²) >= 11 is 5.95. The fourth-order valence-corrected chi connectivity index (χ4v) is 3.14. The van der Waals surface area contributed by atoms with E-state index in [1.807, 2.05) is 12.1 Å². The monoisotopic (exact) mass is 468 g/mol. The molecular formula is C23H18ClFN4O4. The van der Waals surface area contributed by atoms with Crippen LogP contribution in [0.2, 0.25) is 5.02 Å². The highest BCUT2D eigenvalue weighted by molar-refractivity contribution is 6.30. The SMILES string of the molecule is COc1cn(Cc2ccc(Cl)cc2)c(N(O)c2ccc(Oc3cccc(F)n3)cc2)nc1=O. The summed E-state index contributed by atoms with van der Waals surface area (Å²) in [6.07, 6.45) is 1.47. The number of pyridine rings is 1. The van der Waals surface area contributed by atoms with Crippen LogP contribution in [-0.2, 0) is 6.54 Å². The maximum Gasteiger partial charge on any atom is 0.316 e. The summed E-state index contributed by atoms with van der Waals surface area (Å²) in [4.78, 5) is 19.9. The van der Waals surface area contributed by atoms with Gasteiger partial charge in [0, 0.05) is 11.1 Å². The van der Waals surface area contributed by atoms with Gasteiger partial charge in [-0.15, -0.1) is 0 Å². The van der Waals surface area contributed by atoms with E-state index in [-0.39, 0.29) is 17.6 Å². The molecule has 168 valence electrons. The van der Waals surface area contributed by atoms with Gasteiger partial charge in [-0.2, -0.15) is 19.4 Å². The number of nitrogens with zero attached hydrogens (tertiary/aromatic N) is 4. The Bertz CT molecular complexity index is 1310. The van der Waals surface area contributed by atoms with Gasteiger partial charge >= 0.3 is 5.56 Å². The number of hydrogen-bond donors (Lipinski definition) is 1. The van der Waals surface area contributed by atoms with Gasteiger partial charge in [-0.3, -0.25) is 10.0 Å². The third-order valence-electron chi connectivity index (χ3n) is 4.61. The molecule has 0 spiro atoms. The summed E-state index contributed by atoms with van der Waals surface area (Å²) in [6, 6.07) is 17.6. The van der Waals surface area contributed by atoms with E-state index in [0.717, 1.165) is 10.6 Å². The summed E-state index contributed by atoms with van der Waals surface area (Å²) in [5.41, 5.74) is 0.556. The molecule has 4 rings (SSSR count). The van der Waals surface area contributed by atoms with Gasteiger partial charge in [-0.05, 0) is 48.0 Å². The van der Waals surface area contributed by atoms with E-state index in [4.69, 9.17) is 21.1 Å². The van der Waals surface area contributed by atoms with Crippen molar-refractivity contribution < 1.29 is 19.1 Å². The van der Waals surface area contributed by atoms with Gasteiger partial charge in [0.25, 0.3) is 0 Å². The number of methoxy groups -OCH3 is 1. The summed E-state index contributed by atoms with van der Waals surface area (Å²) < 4.78 is 25.4. The van der Waals surface area contributed by atoms with Crippen LogP contribution in [0.3, 0.4) is 0 Å². The molecular weight excluding hydrogens is 451 g/mol. The first kappa shape index (κ1) is 22.3. The van der Waals surface area contributed by atoms with E-state index in [1.54, 1.807) is 41.0 Å². The largest absolute Gasteiger partial charge is 0.490 e. The van der Waals surface area contributed by atoms with E-state index in [0.29, 0.717) is 23.0 Å². The van der Waals surface area contributed by atoms with Crippen LogP contribution in [0.5, 0.6) is 17.4 Å². The van der Waals surface area contributed by atoms with Gasteiger partial charge in [0.2, 0.25) is 23.5 Å². The average Bonchev–Trinajstić information content (AvgIpc) is 2.81. The number of aromatic nitrogens is 3. The maximum atomic E-state index is 13.2. The molecule has 0 unspecified atom stereocenters. The Morgan fingerprint density at radius 3 is 2.45 bits per heavy atom. The van der Waals surface area contributed by atoms with Crippen molar-refractivity contribution in [2.24, 2.45) is 0 Å². The molecule has 0 aliphatic heterocycles. The molecule has 0 aliphatic carbocycles. The van der Waals surface area contributed by atoms with Crippen LogP contribution in [-0.4, -0.2) is 26.9 Å². The summed E-state index contributed by atoms with van der Waals surface area (Å²) in [5.74, 6) is -0.165. The molecule has 2 aromatic heterocycles. The number of halogens is 2. The highest BCUT2D eigenvalue weighted by Gasteiger charge is 2.17. The van der Waals surface area contributed by atoms with Crippen molar-refractivity contribution in [3.63, 3.8) is 0 Å². The fourth-order valence-electron chi connectivity index (χ4n) is 3.01. The van der Waals surface area contributed by atoms with Crippen molar-refractivity contribution in [2.75, 3.05) is 12.2 Å². The lowest BCUT2D eigenvalue weighted by molar-refractivity contribution is 0.287. The number of rotatable bonds is 7. The molecule has 0 fully saturated rings. The highest BCUT2D eigenvalue weighted by atomic mass is 35.5. The van der Waals surface area contributed by atoms with Crippen LogP contribution in [0, 0.1) is 5.95 Å². The van der Waals surface area contributed by atoms with Crippen LogP contribution in [0.4, 0.5) is 16.0 Å². The minimum atomic E-state index is -0.658. The maximum absolute atomic E-state index is 13.2. The van der Waals surface area contributed by atoms with Gasteiger partial charge in [0.15, 0.2) is 0 Å². The van der Waals surface area contributed by atoms with Gasteiger partial charge < -0.3 is 14.0 Å². The molecule has 1 N–H and O–H groups in total. The second-order valence-corrected chi connectivity index (χ2v) is 7.31. The molecule has 10 heteroatoms. The van der Waals surface area contributed by atoms with Crippen LogP contribution >= 0.6 is 11.6 Å². The quantitative estimate of drug-likeness (QED) is 0.307. The van der Waals surface area contributed by atoms with Gasteiger partial charge in [-0.25, -0.2) is 0 Å². The predicted octanol–water partition coefficient (Wildman–Crippen LogP) is 4.81. The number of ether oxygens (including phenoxy) is 2. The second kappa shape index (κ2) is 9.68. The topological polar surface area (TPSA) is 89.7 Å². The predicted molar refractivity (Wildman–Crippen MR) is 120 cm³/mol. The Morgan fingerprint density at radius 1 is 1.06 bits per heavy atom. The first-order valence-electron chi connectivity index (χ1n) is 9.72. The summed E-state index contributed by atoms with van der Waals surface area (Å²) in [5, 5.41) is 12.2. The van der Waals surface area contributed by atoms with Gasteiger partial charge in [0.05, 0.1) is 25.5 Å². The Hall–Kier alpha value is -3.95. The molecule has 8 nitrogen and oxygen atoms in total. The zero-order valence-electron chi connectivity index (χ0n) is 17.4. The smallest absolute Gasteiger partial charge is 0.316 e. The molecule has 2 heterocycles. The van der Waals surface area contributed by atoms with Crippen LogP contribution in [0.1, 0.15) is 5.56 Å². The summed E-state index contributed by atoms with van der Waals surface area (Å²) in [7, 11) is 1.37. The minimum Gasteiger partial charge on any atom is -0.490 e. The van der Waals surface area contributed by atoms with E-state index < -0.39 is 11.5 Å². The number of benzene rings is 2. The lowest BCUT2D eigenvalue weighted by Crippen LogP contribution is -2.24. The second-order valence-electron chi connectivity index (χ2n) is 6.88. The lowest BCUT2D eigenvalue weighted by Gasteiger charge is -2.21. The van der Waals surface area contributed by atoms with Crippen molar-refractivity contribution in [1.29, 1.82) is 0 Å². The Kier molecular flexibility index (Phi) is 6.53. The first-order valence-corrected chi connectivity index (χ1v) is 10.1. The van der Waals surface area contributed by atoms with E-state index in [2.05, 4.69) is 9.97 Å². The minimum absolute atomic E-state index is 0.0174. The van der Waals surface area contributed by atoms with Gasteiger partial charge in [0.1, 0.15) is 5.75 Å². The van der Waals surface area contributed by atoms with Crippen molar-refractivity contribution >= 4 is 23.2 Å². The van der Waals surface area contributed by atoms with E-state index in [1.165, 1.54) is 31.5 Å². The van der Waals surface area contributed by atoms with Crippen molar-refractivity contribution in [1.82, 2.24) is 14.5 Å². The first-order chi connectivity index (χ1) is 15.9. The Labute approximate surface area is 193 Å². The van der Waals surface area contributed by atoms with Crippen LogP contribution in [0.25, 0.3) is 0 Å². The Balaban J connectivity index is 1.62. The van der Waals surface area contributed by atoms with Crippen LogP contribution in [0.15, 0.2) is 77.7 Å². The zero-order valence-corrected chi connectivity index (χ0v) is 18.1. The van der Waals surface area contributed by atoms with Crippen molar-refractivity contribution in [2.45, 2.75) is 6.54 Å². The third kappa shape index (κ3) is 5.28. The molecule has 4 aromatic rings. The number of hydrogen-bond acceptors (Lipinski definition) is 7. The molecule has 33 heavy (non-hydrogen) atoms. The lowest BCUT2D eigenvalue weighted by atomic mass is 10.2. The zero-order chi connectivity index (χ0) is 23.4. The molecule has 0 aliphatic rings. The number of anilines is 2. The molecule has 0 bridgehead atoms. The molecule has 0 saturated carbocycles. The van der Waals surface area contributed by atoms with Crippen molar-refractivity contribution in [3.8, 4) is 17.4 Å². The summed E-state index contributed by atoms with van der Waals surface area (Å²) in [6.45, 7) is 0.291. The molecule has 0 amide bonds. The van der Waals surface area contributed by atoms with Crippen LogP contribution < -0.4 is 20.1 Å². The third-order valence-corrected chi connectivity index (χ3v) is 4.86. The molecule has 2 aromatic carbocycles. The highest BCUT2D eigenvalue weighted by Crippen LogP contribution is 2.27. The fraction of sp³-hybridized carbons (Fsp3) is 0.0870. The molecule has 0 atom stereocenters. The molecule has 0 radical (unpaired) electrons. The molecule has 0 saturated heterocycles. The Morgan fingerprint density at radius 2 is 1.79 bits per heavy atom. The standard InChI is InChI=1S/C23H18ClFN4O4/c1-32-19-14-28(13-15-5-7-16(24)8-6-15)23(27-22(19)30)29(31)17-9-11-18(12-10-17)33-21-4-2-3-20(25)26-21/h2-12,14,31H,13H2,1H3.